The van der Waals surface area contributed by atoms with Gasteiger partial charge in [0.1, 0.15) is 5.75 Å². The number of carbonyl (C=O) groups is 1. The van der Waals surface area contributed by atoms with Crippen molar-refractivity contribution in [2.24, 2.45) is 0 Å². The molecule has 1 fully saturated rings. The molecule has 1 atom stereocenters. The predicted molar refractivity (Wildman–Crippen MR) is 125 cm³/mol. The number of anilines is 2. The van der Waals surface area contributed by atoms with E-state index in [0.29, 0.717) is 12.5 Å². The van der Waals surface area contributed by atoms with Gasteiger partial charge in [0.25, 0.3) is 0 Å². The third-order valence-corrected chi connectivity index (χ3v) is 5.92. The average Bonchev–Trinajstić information content (AvgIpc) is 2.75. The van der Waals surface area contributed by atoms with Crippen molar-refractivity contribution in [1.82, 2.24) is 4.90 Å². The first-order chi connectivity index (χ1) is 14.4. The molecular formula is C25H35N3O2. The summed E-state index contributed by atoms with van der Waals surface area (Å²) in [5.74, 6) is 1.36. The summed E-state index contributed by atoms with van der Waals surface area (Å²) in [4.78, 5) is 17.7. The summed E-state index contributed by atoms with van der Waals surface area (Å²) in [6.45, 7) is 14.5. The number of nitrogens with one attached hydrogen (secondary N) is 1. The van der Waals surface area contributed by atoms with E-state index in [0.717, 1.165) is 48.9 Å². The molecule has 1 saturated heterocycles. The van der Waals surface area contributed by atoms with Crippen LogP contribution in [0.25, 0.3) is 0 Å². The number of amides is 1. The minimum Gasteiger partial charge on any atom is -0.492 e. The maximum atomic E-state index is 13.0. The van der Waals surface area contributed by atoms with E-state index in [9.17, 15) is 4.79 Å². The first-order valence-corrected chi connectivity index (χ1v) is 11.0. The highest BCUT2D eigenvalue weighted by Gasteiger charge is 2.27. The van der Waals surface area contributed by atoms with Crippen molar-refractivity contribution >= 4 is 17.3 Å². The van der Waals surface area contributed by atoms with Crippen LogP contribution in [0.4, 0.5) is 11.4 Å². The number of rotatable bonds is 7. The van der Waals surface area contributed by atoms with E-state index in [1.807, 2.05) is 26.0 Å². The van der Waals surface area contributed by atoms with Gasteiger partial charge in [-0.1, -0.05) is 44.2 Å². The monoisotopic (exact) mass is 409 g/mol. The summed E-state index contributed by atoms with van der Waals surface area (Å²) in [6, 6.07) is 14.2. The van der Waals surface area contributed by atoms with Gasteiger partial charge in [0.2, 0.25) is 5.91 Å². The Morgan fingerprint density at radius 2 is 1.73 bits per heavy atom. The SMILES string of the molecule is CCOc1ccccc1N1CCN([C@@H](C)C(=O)Nc2c(C)cccc2C(C)C)CC1. The largest absolute Gasteiger partial charge is 0.492 e. The number of hydrogen-bond donors (Lipinski definition) is 1. The van der Waals surface area contributed by atoms with Crippen LogP contribution in [0.3, 0.4) is 0 Å². The molecule has 2 aromatic rings. The second-order valence-electron chi connectivity index (χ2n) is 8.28. The first kappa shape index (κ1) is 22.2. The number of nitrogens with zero attached hydrogens (tertiary/aromatic N) is 2. The Bertz CT molecular complexity index is 857. The van der Waals surface area contributed by atoms with Gasteiger partial charge in [0.15, 0.2) is 0 Å². The maximum Gasteiger partial charge on any atom is 0.241 e. The molecule has 0 bridgehead atoms. The van der Waals surface area contributed by atoms with Gasteiger partial charge < -0.3 is 15.0 Å². The van der Waals surface area contributed by atoms with Crippen LogP contribution in [0.2, 0.25) is 0 Å². The summed E-state index contributed by atoms with van der Waals surface area (Å²) in [7, 11) is 0. The molecule has 1 heterocycles. The standard InChI is InChI=1S/C25H35N3O2/c1-6-30-23-13-8-7-12-22(23)28-16-14-27(15-17-28)20(5)25(29)26-24-19(4)10-9-11-21(24)18(2)3/h7-13,18,20H,6,14-17H2,1-5H3,(H,26,29)/t20-/m0/s1. The normalized spacial score (nSPS) is 15.9. The zero-order valence-corrected chi connectivity index (χ0v) is 18.9. The van der Waals surface area contributed by atoms with Crippen molar-refractivity contribution in [3.8, 4) is 5.75 Å². The lowest BCUT2D eigenvalue weighted by atomic mass is 9.98. The van der Waals surface area contributed by atoms with E-state index < -0.39 is 0 Å². The fraction of sp³-hybridized carbons (Fsp3) is 0.480. The van der Waals surface area contributed by atoms with Gasteiger partial charge in [-0.05, 0) is 49.9 Å². The zero-order valence-electron chi connectivity index (χ0n) is 18.9. The highest BCUT2D eigenvalue weighted by molar-refractivity contribution is 5.96. The Labute approximate surface area is 181 Å². The Balaban J connectivity index is 1.63. The molecule has 5 nitrogen and oxygen atoms in total. The van der Waals surface area contributed by atoms with E-state index in [1.54, 1.807) is 0 Å². The Kier molecular flexibility index (Phi) is 7.38. The molecule has 1 aliphatic rings. The van der Waals surface area contributed by atoms with Gasteiger partial charge in [-0.3, -0.25) is 9.69 Å². The summed E-state index contributed by atoms with van der Waals surface area (Å²) in [5, 5.41) is 3.21. The van der Waals surface area contributed by atoms with Crippen LogP contribution >= 0.6 is 0 Å². The van der Waals surface area contributed by atoms with Crippen LogP contribution in [0, 0.1) is 6.92 Å². The molecule has 1 amide bonds. The highest BCUT2D eigenvalue weighted by atomic mass is 16.5. The predicted octanol–water partition coefficient (Wildman–Crippen LogP) is 4.67. The lowest BCUT2D eigenvalue weighted by Crippen LogP contribution is -2.53. The molecule has 3 rings (SSSR count). The number of ether oxygens (including phenoxy) is 1. The fourth-order valence-electron chi connectivity index (χ4n) is 4.08. The van der Waals surface area contributed by atoms with E-state index in [-0.39, 0.29) is 11.9 Å². The van der Waals surface area contributed by atoms with E-state index in [4.69, 9.17) is 4.74 Å². The van der Waals surface area contributed by atoms with Gasteiger partial charge in [-0.25, -0.2) is 0 Å². The topological polar surface area (TPSA) is 44.8 Å². The lowest BCUT2D eigenvalue weighted by molar-refractivity contribution is -0.120. The number of benzene rings is 2. The molecule has 0 aliphatic carbocycles. The highest BCUT2D eigenvalue weighted by Crippen LogP contribution is 2.30. The Hall–Kier alpha value is -2.53. The van der Waals surface area contributed by atoms with Gasteiger partial charge in [-0.2, -0.15) is 0 Å². The minimum absolute atomic E-state index is 0.0642. The maximum absolute atomic E-state index is 13.0. The van der Waals surface area contributed by atoms with Gasteiger partial charge in [-0.15, -0.1) is 0 Å². The zero-order chi connectivity index (χ0) is 21.7. The van der Waals surface area contributed by atoms with Crippen LogP contribution in [0.5, 0.6) is 5.75 Å². The third kappa shape index (κ3) is 4.96. The number of para-hydroxylation sites is 3. The molecule has 0 radical (unpaired) electrons. The van der Waals surface area contributed by atoms with E-state index >= 15 is 0 Å². The number of piperazine rings is 1. The van der Waals surface area contributed by atoms with Crippen molar-refractivity contribution in [2.45, 2.75) is 46.6 Å². The van der Waals surface area contributed by atoms with E-state index in [2.05, 4.69) is 66.2 Å². The fourth-order valence-corrected chi connectivity index (χ4v) is 4.08. The van der Waals surface area contributed by atoms with Crippen LogP contribution in [-0.4, -0.2) is 49.6 Å². The summed E-state index contributed by atoms with van der Waals surface area (Å²) in [6.07, 6.45) is 0. The molecule has 0 saturated carbocycles. The van der Waals surface area contributed by atoms with Gasteiger partial charge >= 0.3 is 0 Å². The molecule has 1 aliphatic heterocycles. The molecule has 2 aromatic carbocycles. The van der Waals surface area contributed by atoms with Gasteiger partial charge in [0, 0.05) is 31.9 Å². The first-order valence-electron chi connectivity index (χ1n) is 11.0. The molecule has 0 spiro atoms. The van der Waals surface area contributed by atoms with Crippen LogP contribution in [0.15, 0.2) is 42.5 Å². The number of carbonyl (C=O) groups excluding carboxylic acids is 1. The lowest BCUT2D eigenvalue weighted by Gasteiger charge is -2.39. The van der Waals surface area contributed by atoms with Crippen molar-refractivity contribution in [1.29, 1.82) is 0 Å². The van der Waals surface area contributed by atoms with Crippen LogP contribution in [0.1, 0.15) is 44.7 Å². The molecule has 0 unspecified atom stereocenters. The third-order valence-electron chi connectivity index (χ3n) is 5.92. The van der Waals surface area contributed by atoms with Gasteiger partial charge in [0.05, 0.1) is 18.3 Å². The van der Waals surface area contributed by atoms with Crippen molar-refractivity contribution in [2.75, 3.05) is 43.0 Å². The Morgan fingerprint density at radius 3 is 2.40 bits per heavy atom. The molecule has 5 heteroatoms. The van der Waals surface area contributed by atoms with Crippen LogP contribution in [-0.2, 0) is 4.79 Å². The van der Waals surface area contributed by atoms with Crippen molar-refractivity contribution < 1.29 is 9.53 Å². The molecule has 0 aromatic heterocycles. The molecule has 162 valence electrons. The number of aryl methyl sites for hydroxylation is 1. The second kappa shape index (κ2) is 9.98. The quantitative estimate of drug-likeness (QED) is 0.722. The minimum atomic E-state index is -0.172. The Morgan fingerprint density at radius 1 is 1.03 bits per heavy atom. The van der Waals surface area contributed by atoms with Crippen molar-refractivity contribution in [3.05, 3.63) is 53.6 Å². The van der Waals surface area contributed by atoms with Crippen molar-refractivity contribution in [3.63, 3.8) is 0 Å². The smallest absolute Gasteiger partial charge is 0.241 e. The molecule has 1 N–H and O–H groups in total. The van der Waals surface area contributed by atoms with Crippen LogP contribution < -0.4 is 15.0 Å². The average molecular weight is 410 g/mol. The summed E-state index contributed by atoms with van der Waals surface area (Å²) >= 11 is 0. The van der Waals surface area contributed by atoms with E-state index in [1.165, 1.54) is 5.56 Å². The summed E-state index contributed by atoms with van der Waals surface area (Å²) < 4.78 is 5.79. The second-order valence-corrected chi connectivity index (χ2v) is 8.28. The molecule has 30 heavy (non-hydrogen) atoms. The number of hydrogen-bond acceptors (Lipinski definition) is 4. The molecular weight excluding hydrogens is 374 g/mol. The summed E-state index contributed by atoms with van der Waals surface area (Å²) in [5.41, 5.74) is 4.40.